The zero-order chi connectivity index (χ0) is 39.6. The van der Waals surface area contributed by atoms with Gasteiger partial charge < -0.3 is 39.7 Å². The van der Waals surface area contributed by atoms with Gasteiger partial charge in [-0.2, -0.15) is 0 Å². The molecule has 300 valence electrons. The molecule has 57 heavy (non-hydrogen) atoms. The Bertz CT molecular complexity index is 2180. The summed E-state index contributed by atoms with van der Waals surface area (Å²) in [5.74, 6) is 0.989. The van der Waals surface area contributed by atoms with Crippen LogP contribution in [0, 0.1) is 5.92 Å². The number of benzene rings is 3. The number of likely N-dealkylation sites (tertiary alicyclic amines) is 1. The number of carbonyl (C=O) groups is 2. The fourth-order valence-corrected chi connectivity index (χ4v) is 8.04. The maximum atomic E-state index is 14.0. The number of pyridine rings is 1. The second kappa shape index (κ2) is 18.7. The van der Waals surface area contributed by atoms with Crippen LogP contribution in [0.25, 0.3) is 10.9 Å². The molecule has 7 rings (SSSR count). The van der Waals surface area contributed by atoms with E-state index in [2.05, 4.69) is 20.5 Å². The minimum Gasteiger partial charge on any atom is -0.506 e. The standard InChI is InChI=1S/C45H52N4O8/c50-39-16-14-36(37-15-17-41(52)47-42(37)39)40(51)28-46-22-5-1-2-6-25-55-34-11-7-10-33(27-34)43(53)48-45(21-18-32-9-3-4-13-38(32)45)44(54)57-30-31-19-23-49(24-20-31)29-35-12-8-26-56-35/h3-4,7-17,26-27,31,40,46,50-51H,1-2,5-6,18-25,28-30H2,(H,47,52)(H,48,53)/t40-,45?/m0/s1. The number of furan rings is 1. The van der Waals surface area contributed by atoms with Gasteiger partial charge in [-0.05, 0) is 123 Å². The summed E-state index contributed by atoms with van der Waals surface area (Å²) in [5, 5.41) is 27.9. The van der Waals surface area contributed by atoms with E-state index in [0.29, 0.717) is 60.4 Å². The van der Waals surface area contributed by atoms with Crippen LogP contribution in [0.4, 0.5) is 0 Å². The Kier molecular flexibility index (Phi) is 13.0. The summed E-state index contributed by atoms with van der Waals surface area (Å²) in [6, 6.07) is 24.9. The number of aromatic amines is 1. The predicted octanol–water partition coefficient (Wildman–Crippen LogP) is 6.12. The molecule has 0 radical (unpaired) electrons. The number of piperidine rings is 1. The number of unbranched alkanes of at least 4 members (excludes halogenated alkanes) is 3. The van der Waals surface area contributed by atoms with Crippen molar-refractivity contribution in [1.29, 1.82) is 0 Å². The smallest absolute Gasteiger partial charge is 0.336 e. The fraction of sp³-hybridized carbons (Fsp3) is 0.400. The number of esters is 1. The molecule has 0 saturated carbocycles. The quantitative estimate of drug-likeness (QED) is 0.0518. The summed E-state index contributed by atoms with van der Waals surface area (Å²) >= 11 is 0. The van der Waals surface area contributed by atoms with Crippen molar-refractivity contribution in [2.24, 2.45) is 5.92 Å². The summed E-state index contributed by atoms with van der Waals surface area (Å²) < 4.78 is 17.6. The number of aromatic hydroxyl groups is 1. The molecule has 5 N–H and O–H groups in total. The first-order valence-electron chi connectivity index (χ1n) is 20.1. The minimum atomic E-state index is -1.26. The molecule has 1 fully saturated rings. The molecule has 0 bridgehead atoms. The number of aliphatic hydroxyl groups excluding tert-OH is 1. The SMILES string of the molecule is O=C(NC1(C(=O)OCC2CCN(Cc3ccco3)CC2)CCc2ccccc21)c1cccc(OCCCCCCNC[C@H](O)c2ccc(O)c3[nH]c(=O)ccc23)c1. The molecule has 1 unspecified atom stereocenters. The number of nitrogens with zero attached hydrogens (tertiary/aromatic N) is 1. The molecule has 3 aromatic carbocycles. The van der Waals surface area contributed by atoms with E-state index < -0.39 is 17.6 Å². The fourth-order valence-electron chi connectivity index (χ4n) is 8.04. The predicted molar refractivity (Wildman–Crippen MR) is 216 cm³/mol. The number of ether oxygens (including phenoxy) is 2. The van der Waals surface area contributed by atoms with Crippen molar-refractivity contribution in [1.82, 2.24) is 20.5 Å². The first-order valence-corrected chi connectivity index (χ1v) is 20.1. The molecule has 2 aliphatic rings. The lowest BCUT2D eigenvalue weighted by atomic mass is 9.91. The zero-order valence-corrected chi connectivity index (χ0v) is 32.2. The van der Waals surface area contributed by atoms with Gasteiger partial charge in [-0.3, -0.25) is 14.5 Å². The number of hydrogen-bond donors (Lipinski definition) is 5. The van der Waals surface area contributed by atoms with Gasteiger partial charge in [0.2, 0.25) is 5.56 Å². The highest BCUT2D eigenvalue weighted by atomic mass is 16.5. The summed E-state index contributed by atoms with van der Waals surface area (Å²) in [6.07, 6.45) is 7.53. The average molecular weight is 777 g/mol. The highest BCUT2D eigenvalue weighted by Gasteiger charge is 2.48. The van der Waals surface area contributed by atoms with Gasteiger partial charge in [-0.1, -0.05) is 49.2 Å². The van der Waals surface area contributed by atoms with Crippen LogP contribution < -0.4 is 20.9 Å². The van der Waals surface area contributed by atoms with E-state index in [1.165, 1.54) is 12.1 Å². The Morgan fingerprint density at radius 2 is 1.81 bits per heavy atom. The maximum absolute atomic E-state index is 14.0. The van der Waals surface area contributed by atoms with Gasteiger partial charge in [0.25, 0.3) is 5.91 Å². The van der Waals surface area contributed by atoms with Crippen molar-refractivity contribution in [3.63, 3.8) is 0 Å². The Labute approximate surface area is 332 Å². The highest BCUT2D eigenvalue weighted by molar-refractivity contribution is 5.99. The van der Waals surface area contributed by atoms with Crippen LogP contribution in [0.2, 0.25) is 0 Å². The molecule has 1 aliphatic heterocycles. The number of phenolic OH excluding ortho intramolecular Hbond substituents is 1. The lowest BCUT2D eigenvalue weighted by Gasteiger charge is -2.33. The summed E-state index contributed by atoms with van der Waals surface area (Å²) in [7, 11) is 0. The molecule has 1 amide bonds. The van der Waals surface area contributed by atoms with Gasteiger partial charge >= 0.3 is 5.97 Å². The number of rotatable bonds is 18. The van der Waals surface area contributed by atoms with Crippen molar-refractivity contribution in [2.75, 3.05) is 39.4 Å². The Hall–Kier alpha value is -5.43. The number of carbonyl (C=O) groups excluding carboxylic acids is 2. The second-order valence-corrected chi connectivity index (χ2v) is 15.2. The van der Waals surface area contributed by atoms with Crippen molar-refractivity contribution >= 4 is 22.8 Å². The van der Waals surface area contributed by atoms with Gasteiger partial charge in [-0.25, -0.2) is 4.79 Å². The van der Waals surface area contributed by atoms with Gasteiger partial charge in [-0.15, -0.1) is 0 Å². The number of fused-ring (bicyclic) bond motifs is 2. The van der Waals surface area contributed by atoms with Gasteiger partial charge in [0.15, 0.2) is 5.54 Å². The van der Waals surface area contributed by atoms with E-state index >= 15 is 0 Å². The Balaban J connectivity index is 0.846. The highest BCUT2D eigenvalue weighted by Crippen LogP contribution is 2.39. The Morgan fingerprint density at radius 1 is 0.965 bits per heavy atom. The normalized spacial score (nSPS) is 17.6. The average Bonchev–Trinajstić information content (AvgIpc) is 3.89. The molecule has 12 heteroatoms. The van der Waals surface area contributed by atoms with Crippen LogP contribution in [0.5, 0.6) is 11.5 Å². The van der Waals surface area contributed by atoms with Crippen LogP contribution in [0.1, 0.15) is 83.9 Å². The number of amides is 1. The molecular formula is C45H52N4O8. The molecule has 3 heterocycles. The lowest BCUT2D eigenvalue weighted by molar-refractivity contribution is -0.153. The van der Waals surface area contributed by atoms with Gasteiger partial charge in [0.1, 0.15) is 17.3 Å². The molecule has 1 aliphatic carbocycles. The van der Waals surface area contributed by atoms with Crippen molar-refractivity contribution in [3.05, 3.63) is 130 Å². The molecule has 2 aromatic heterocycles. The molecule has 5 aromatic rings. The van der Waals surface area contributed by atoms with Crippen LogP contribution in [0.15, 0.2) is 100 Å². The van der Waals surface area contributed by atoms with Crippen molar-refractivity contribution in [3.8, 4) is 11.5 Å². The molecule has 0 spiro atoms. The molecule has 1 saturated heterocycles. The van der Waals surface area contributed by atoms with E-state index in [1.54, 1.807) is 36.6 Å². The van der Waals surface area contributed by atoms with E-state index in [1.807, 2.05) is 42.5 Å². The van der Waals surface area contributed by atoms with E-state index in [9.17, 15) is 24.6 Å². The lowest BCUT2D eigenvalue weighted by Crippen LogP contribution is -2.51. The zero-order valence-electron chi connectivity index (χ0n) is 32.2. The monoisotopic (exact) mass is 776 g/mol. The molecule has 12 nitrogen and oxygen atoms in total. The van der Waals surface area contributed by atoms with E-state index in [0.717, 1.165) is 81.6 Å². The van der Waals surface area contributed by atoms with E-state index in [4.69, 9.17) is 13.9 Å². The molecular weight excluding hydrogens is 725 g/mol. The largest absolute Gasteiger partial charge is 0.506 e. The number of aromatic nitrogens is 1. The number of aliphatic hydroxyl groups is 1. The van der Waals surface area contributed by atoms with Crippen molar-refractivity contribution in [2.45, 2.75) is 69.6 Å². The third-order valence-corrected chi connectivity index (χ3v) is 11.3. The van der Waals surface area contributed by atoms with Crippen LogP contribution >= 0.6 is 0 Å². The first-order chi connectivity index (χ1) is 27.8. The van der Waals surface area contributed by atoms with Gasteiger partial charge in [0.05, 0.1) is 37.6 Å². The number of H-pyrrole nitrogens is 1. The number of aryl methyl sites for hydroxylation is 1. The first kappa shape index (κ1) is 39.8. The van der Waals surface area contributed by atoms with Crippen molar-refractivity contribution < 1.29 is 33.7 Å². The van der Waals surface area contributed by atoms with E-state index in [-0.39, 0.29) is 23.1 Å². The summed E-state index contributed by atoms with van der Waals surface area (Å²) in [4.78, 5) is 44.5. The summed E-state index contributed by atoms with van der Waals surface area (Å²) in [6.45, 7) is 4.48. The van der Waals surface area contributed by atoms with Gasteiger partial charge in [0, 0.05) is 23.6 Å². The number of hydrogen-bond acceptors (Lipinski definition) is 10. The summed E-state index contributed by atoms with van der Waals surface area (Å²) in [5.41, 5.74) is 1.61. The minimum absolute atomic E-state index is 0.0349. The molecule has 2 atom stereocenters. The number of nitrogens with one attached hydrogen (secondary N) is 3. The third-order valence-electron chi connectivity index (χ3n) is 11.3. The maximum Gasteiger partial charge on any atom is 0.336 e. The second-order valence-electron chi connectivity index (χ2n) is 15.2. The van der Waals surface area contributed by atoms with Crippen LogP contribution in [0.3, 0.4) is 0 Å². The topological polar surface area (TPSA) is 166 Å². The number of phenols is 1. The van der Waals surface area contributed by atoms with Crippen LogP contribution in [-0.2, 0) is 28.0 Å². The third kappa shape index (κ3) is 9.76. The van der Waals surface area contributed by atoms with Crippen LogP contribution in [-0.4, -0.2) is 71.4 Å². The Morgan fingerprint density at radius 3 is 2.65 bits per heavy atom.